The smallest absolute Gasteiger partial charge is 0.00298 e. The lowest BCUT2D eigenvalue weighted by atomic mass is 9.65. The molecule has 2 N–H and O–H groups in total. The molecule has 1 nitrogen and oxygen atoms in total. The zero-order valence-corrected chi connectivity index (χ0v) is 12.2. The number of benzene rings is 1. The molecule has 0 unspecified atom stereocenters. The van der Waals surface area contributed by atoms with Crippen molar-refractivity contribution in [3.05, 3.63) is 34.4 Å². The van der Waals surface area contributed by atoms with E-state index < -0.39 is 0 Å². The third-order valence-electron chi connectivity index (χ3n) is 4.64. The third-order valence-corrected chi connectivity index (χ3v) is 4.64. The molecule has 0 aliphatic heterocycles. The summed E-state index contributed by atoms with van der Waals surface area (Å²) in [7, 11) is 0. The monoisotopic (exact) mass is 245 g/mol. The molecule has 0 heterocycles. The lowest BCUT2D eigenvalue weighted by Crippen LogP contribution is -2.33. The molecule has 1 heteroatoms. The first-order valence-electron chi connectivity index (χ1n) is 7.37. The normalized spacial score (nSPS) is 18.9. The second-order valence-electron chi connectivity index (χ2n) is 6.15. The predicted octanol–water partition coefficient (Wildman–Crippen LogP) is 4.16. The zero-order chi connectivity index (χ0) is 13.2. The minimum absolute atomic E-state index is 0.370. The van der Waals surface area contributed by atoms with E-state index in [1.807, 2.05) is 0 Å². The number of hydrogen-bond acceptors (Lipinski definition) is 1. The quantitative estimate of drug-likeness (QED) is 0.850. The third kappa shape index (κ3) is 2.47. The number of hydrogen-bond donors (Lipinski definition) is 1. The summed E-state index contributed by atoms with van der Waals surface area (Å²) in [6.07, 6.45) is 7.94. The summed E-state index contributed by atoms with van der Waals surface area (Å²) in [6, 6.07) is 4.68. The van der Waals surface area contributed by atoms with E-state index >= 15 is 0 Å². The Morgan fingerprint density at radius 2 is 1.56 bits per heavy atom. The van der Waals surface area contributed by atoms with Crippen LogP contribution in [0.5, 0.6) is 0 Å². The molecule has 0 bridgehead atoms. The maximum absolute atomic E-state index is 5.91. The van der Waals surface area contributed by atoms with Gasteiger partial charge in [-0.05, 0) is 68.7 Å². The van der Waals surface area contributed by atoms with Gasteiger partial charge >= 0.3 is 0 Å². The summed E-state index contributed by atoms with van der Waals surface area (Å²) in [4.78, 5) is 0. The van der Waals surface area contributed by atoms with Crippen LogP contribution in [0.3, 0.4) is 0 Å². The van der Waals surface area contributed by atoms with Crippen molar-refractivity contribution in [1.29, 1.82) is 0 Å². The Kier molecular flexibility index (Phi) is 4.11. The molecule has 100 valence electrons. The summed E-state index contributed by atoms with van der Waals surface area (Å²) in [5.41, 5.74) is 12.2. The van der Waals surface area contributed by atoms with Crippen molar-refractivity contribution in [3.63, 3.8) is 0 Å². The zero-order valence-electron chi connectivity index (χ0n) is 12.2. The highest BCUT2D eigenvalue weighted by molar-refractivity contribution is 5.43. The van der Waals surface area contributed by atoms with E-state index in [2.05, 4.69) is 32.9 Å². The first kappa shape index (κ1) is 13.6. The number of aryl methyl sites for hydroxylation is 3. The van der Waals surface area contributed by atoms with Gasteiger partial charge in [-0.15, -0.1) is 0 Å². The van der Waals surface area contributed by atoms with Crippen LogP contribution in [0.4, 0.5) is 0 Å². The van der Waals surface area contributed by atoms with Crippen LogP contribution >= 0.6 is 0 Å². The molecule has 1 fully saturated rings. The summed E-state index contributed by atoms with van der Waals surface area (Å²) >= 11 is 0. The Bertz CT molecular complexity index is 385. The van der Waals surface area contributed by atoms with Gasteiger partial charge in [0, 0.05) is 0 Å². The second-order valence-corrected chi connectivity index (χ2v) is 6.15. The van der Waals surface area contributed by atoms with Crippen LogP contribution in [0.15, 0.2) is 12.1 Å². The summed E-state index contributed by atoms with van der Waals surface area (Å²) in [5.74, 6) is 0. The van der Waals surface area contributed by atoms with Crippen LogP contribution in [0.25, 0.3) is 0 Å². The fraction of sp³-hybridized carbons (Fsp3) is 0.647. The lowest BCUT2D eigenvalue weighted by Gasteiger charge is -2.40. The molecule has 0 radical (unpaired) electrons. The van der Waals surface area contributed by atoms with Gasteiger partial charge in [0.15, 0.2) is 0 Å². The van der Waals surface area contributed by atoms with Crippen LogP contribution in [0.2, 0.25) is 0 Å². The van der Waals surface area contributed by atoms with Crippen molar-refractivity contribution in [1.82, 2.24) is 0 Å². The molecule has 0 atom stereocenters. The average Bonchev–Trinajstić information content (AvgIpc) is 2.28. The van der Waals surface area contributed by atoms with Gasteiger partial charge in [-0.3, -0.25) is 0 Å². The Morgan fingerprint density at radius 1 is 1.00 bits per heavy atom. The standard InChI is InChI=1S/C17H27N/c1-13-11-14(2)16(15(3)12-13)17(9-10-18)7-5-4-6-8-17/h11-12H,4-10,18H2,1-3H3. The summed E-state index contributed by atoms with van der Waals surface area (Å²) in [6.45, 7) is 7.57. The van der Waals surface area contributed by atoms with Crippen LogP contribution < -0.4 is 5.73 Å². The molecule has 1 aromatic carbocycles. The molecule has 18 heavy (non-hydrogen) atoms. The molecule has 1 aliphatic carbocycles. The summed E-state index contributed by atoms with van der Waals surface area (Å²) < 4.78 is 0. The maximum atomic E-state index is 5.91. The van der Waals surface area contributed by atoms with Gasteiger partial charge in [0.25, 0.3) is 0 Å². The number of rotatable bonds is 3. The predicted molar refractivity (Wildman–Crippen MR) is 79.1 cm³/mol. The van der Waals surface area contributed by atoms with Crippen molar-refractivity contribution < 1.29 is 0 Å². The van der Waals surface area contributed by atoms with Crippen molar-refractivity contribution in [2.75, 3.05) is 6.54 Å². The van der Waals surface area contributed by atoms with Gasteiger partial charge < -0.3 is 5.73 Å². The van der Waals surface area contributed by atoms with Crippen LogP contribution in [0.1, 0.15) is 60.8 Å². The fourth-order valence-corrected chi connectivity index (χ4v) is 4.15. The van der Waals surface area contributed by atoms with Crippen molar-refractivity contribution in [3.8, 4) is 0 Å². The molecular formula is C17H27N. The minimum Gasteiger partial charge on any atom is -0.330 e. The van der Waals surface area contributed by atoms with E-state index in [0.717, 1.165) is 13.0 Å². The van der Waals surface area contributed by atoms with Crippen molar-refractivity contribution in [2.45, 2.75) is 64.7 Å². The topological polar surface area (TPSA) is 26.0 Å². The van der Waals surface area contributed by atoms with Crippen LogP contribution in [-0.4, -0.2) is 6.54 Å². The van der Waals surface area contributed by atoms with Crippen LogP contribution in [-0.2, 0) is 5.41 Å². The molecule has 1 saturated carbocycles. The Labute approximate surface area is 112 Å². The van der Waals surface area contributed by atoms with Crippen molar-refractivity contribution >= 4 is 0 Å². The molecule has 2 rings (SSSR count). The lowest BCUT2D eigenvalue weighted by molar-refractivity contribution is 0.275. The molecule has 1 aliphatic rings. The SMILES string of the molecule is Cc1cc(C)c(C2(CCN)CCCCC2)c(C)c1. The number of nitrogens with two attached hydrogens (primary N) is 1. The Hall–Kier alpha value is -0.820. The second kappa shape index (κ2) is 5.44. The van der Waals surface area contributed by atoms with Gasteiger partial charge in [0.1, 0.15) is 0 Å². The molecule has 0 saturated heterocycles. The maximum Gasteiger partial charge on any atom is -0.00298 e. The minimum atomic E-state index is 0.370. The van der Waals surface area contributed by atoms with Gasteiger partial charge in [-0.25, -0.2) is 0 Å². The van der Waals surface area contributed by atoms with Gasteiger partial charge in [0.05, 0.1) is 0 Å². The molecular weight excluding hydrogens is 218 g/mol. The van der Waals surface area contributed by atoms with Crippen molar-refractivity contribution in [2.24, 2.45) is 5.73 Å². The van der Waals surface area contributed by atoms with Gasteiger partial charge in [-0.2, -0.15) is 0 Å². The largest absolute Gasteiger partial charge is 0.330 e. The first-order chi connectivity index (χ1) is 8.59. The fourth-order valence-electron chi connectivity index (χ4n) is 4.15. The van der Waals surface area contributed by atoms with E-state index in [-0.39, 0.29) is 0 Å². The Morgan fingerprint density at radius 3 is 2.06 bits per heavy atom. The van der Waals surface area contributed by atoms with Gasteiger partial charge in [-0.1, -0.05) is 37.0 Å². The Balaban J connectivity index is 2.48. The van der Waals surface area contributed by atoms with E-state index in [4.69, 9.17) is 5.73 Å². The highest BCUT2D eigenvalue weighted by Crippen LogP contribution is 2.44. The first-order valence-corrected chi connectivity index (χ1v) is 7.37. The molecule has 0 spiro atoms. The van der Waals surface area contributed by atoms with Gasteiger partial charge in [0.2, 0.25) is 0 Å². The molecule has 0 aromatic heterocycles. The highest BCUT2D eigenvalue weighted by Gasteiger charge is 2.35. The molecule has 1 aromatic rings. The highest BCUT2D eigenvalue weighted by atomic mass is 14.5. The van der Waals surface area contributed by atoms with E-state index in [1.165, 1.54) is 48.8 Å². The molecule has 0 amide bonds. The van der Waals surface area contributed by atoms with E-state index in [0.29, 0.717) is 5.41 Å². The average molecular weight is 245 g/mol. The van der Waals surface area contributed by atoms with Crippen LogP contribution in [0, 0.1) is 20.8 Å². The summed E-state index contributed by atoms with van der Waals surface area (Å²) in [5, 5.41) is 0. The van der Waals surface area contributed by atoms with E-state index in [9.17, 15) is 0 Å². The van der Waals surface area contributed by atoms with E-state index in [1.54, 1.807) is 5.56 Å².